The van der Waals surface area contributed by atoms with Crippen molar-refractivity contribution in [3.8, 4) is 17.1 Å². The van der Waals surface area contributed by atoms with Crippen LogP contribution in [0.15, 0.2) is 42.6 Å². The number of carboxylic acid groups (broad SMARTS) is 1. The number of aromatic nitrogens is 2. The van der Waals surface area contributed by atoms with Gasteiger partial charge in [0.05, 0.1) is 29.6 Å². The first-order chi connectivity index (χ1) is 9.69. The summed E-state index contributed by atoms with van der Waals surface area (Å²) >= 11 is 0. The molecule has 1 aromatic carbocycles. The lowest BCUT2D eigenvalue weighted by molar-refractivity contribution is 0.0696. The Balaban J connectivity index is 2.08. The summed E-state index contributed by atoms with van der Waals surface area (Å²) in [6, 6.07) is 10.9. The SMILES string of the molecule is COc1cccc2cc(-c3ccc(C(=O)O)cn3)[nH]c12. The molecule has 100 valence electrons. The Morgan fingerprint density at radius 1 is 1.30 bits per heavy atom. The summed E-state index contributed by atoms with van der Waals surface area (Å²) in [7, 11) is 1.62. The highest BCUT2D eigenvalue weighted by Gasteiger charge is 2.09. The van der Waals surface area contributed by atoms with E-state index in [-0.39, 0.29) is 5.56 Å². The number of H-pyrrole nitrogens is 1. The maximum absolute atomic E-state index is 10.8. The molecule has 3 aromatic rings. The average molecular weight is 268 g/mol. The maximum Gasteiger partial charge on any atom is 0.337 e. The minimum Gasteiger partial charge on any atom is -0.495 e. The van der Waals surface area contributed by atoms with Gasteiger partial charge in [-0.1, -0.05) is 12.1 Å². The third-order valence-electron chi connectivity index (χ3n) is 3.12. The predicted molar refractivity (Wildman–Crippen MR) is 75.0 cm³/mol. The Morgan fingerprint density at radius 3 is 2.80 bits per heavy atom. The van der Waals surface area contributed by atoms with Crippen molar-refractivity contribution in [2.24, 2.45) is 0 Å². The number of aromatic carboxylic acids is 1. The summed E-state index contributed by atoms with van der Waals surface area (Å²) in [6.07, 6.45) is 1.35. The van der Waals surface area contributed by atoms with E-state index >= 15 is 0 Å². The first kappa shape index (κ1) is 12.2. The molecule has 5 heteroatoms. The second-order valence-electron chi connectivity index (χ2n) is 4.34. The third-order valence-corrected chi connectivity index (χ3v) is 3.12. The molecular formula is C15H12N2O3. The molecule has 2 heterocycles. The molecule has 0 bridgehead atoms. The Labute approximate surface area is 114 Å². The highest BCUT2D eigenvalue weighted by atomic mass is 16.5. The topological polar surface area (TPSA) is 75.2 Å². The van der Waals surface area contributed by atoms with E-state index in [9.17, 15) is 4.79 Å². The molecule has 0 amide bonds. The Bertz CT molecular complexity index is 775. The number of carbonyl (C=O) groups is 1. The number of aromatic amines is 1. The van der Waals surface area contributed by atoms with Gasteiger partial charge in [0.1, 0.15) is 5.75 Å². The molecule has 0 saturated carbocycles. The van der Waals surface area contributed by atoms with Crippen LogP contribution in [-0.2, 0) is 0 Å². The second kappa shape index (κ2) is 4.70. The van der Waals surface area contributed by atoms with Crippen molar-refractivity contribution >= 4 is 16.9 Å². The third kappa shape index (κ3) is 1.99. The number of hydrogen-bond donors (Lipinski definition) is 2. The molecule has 3 rings (SSSR count). The normalized spacial score (nSPS) is 10.7. The number of nitrogens with zero attached hydrogens (tertiary/aromatic N) is 1. The van der Waals surface area contributed by atoms with Crippen molar-refractivity contribution < 1.29 is 14.6 Å². The van der Waals surface area contributed by atoms with Crippen LogP contribution in [0.5, 0.6) is 5.75 Å². The lowest BCUT2D eigenvalue weighted by Crippen LogP contribution is -1.97. The van der Waals surface area contributed by atoms with E-state index in [1.165, 1.54) is 12.3 Å². The number of rotatable bonds is 3. The number of benzene rings is 1. The van der Waals surface area contributed by atoms with Gasteiger partial charge in [0, 0.05) is 11.6 Å². The summed E-state index contributed by atoms with van der Waals surface area (Å²) in [5.74, 6) is -0.224. The minimum absolute atomic E-state index is 0.169. The van der Waals surface area contributed by atoms with Crippen LogP contribution < -0.4 is 4.74 Å². The van der Waals surface area contributed by atoms with Gasteiger partial charge < -0.3 is 14.8 Å². The van der Waals surface area contributed by atoms with Gasteiger partial charge in [-0.15, -0.1) is 0 Å². The van der Waals surface area contributed by atoms with Crippen molar-refractivity contribution in [1.29, 1.82) is 0 Å². The number of para-hydroxylation sites is 1. The van der Waals surface area contributed by atoms with Crippen molar-refractivity contribution in [3.63, 3.8) is 0 Å². The fourth-order valence-corrected chi connectivity index (χ4v) is 2.12. The molecule has 0 aliphatic rings. The smallest absolute Gasteiger partial charge is 0.337 e. The molecule has 0 unspecified atom stereocenters. The van der Waals surface area contributed by atoms with Crippen molar-refractivity contribution in [1.82, 2.24) is 9.97 Å². The monoisotopic (exact) mass is 268 g/mol. The van der Waals surface area contributed by atoms with Gasteiger partial charge in [-0.3, -0.25) is 4.98 Å². The highest BCUT2D eigenvalue weighted by molar-refractivity contribution is 5.90. The van der Waals surface area contributed by atoms with Gasteiger partial charge in [-0.2, -0.15) is 0 Å². The van der Waals surface area contributed by atoms with E-state index in [1.54, 1.807) is 13.2 Å². The summed E-state index contributed by atoms with van der Waals surface area (Å²) in [5.41, 5.74) is 2.58. The van der Waals surface area contributed by atoms with E-state index < -0.39 is 5.97 Å². The van der Waals surface area contributed by atoms with Gasteiger partial charge in [0.2, 0.25) is 0 Å². The zero-order chi connectivity index (χ0) is 14.1. The van der Waals surface area contributed by atoms with Crippen LogP contribution in [0.4, 0.5) is 0 Å². The molecule has 2 N–H and O–H groups in total. The van der Waals surface area contributed by atoms with Crippen molar-refractivity contribution in [2.75, 3.05) is 7.11 Å². The van der Waals surface area contributed by atoms with E-state index in [1.807, 2.05) is 24.3 Å². The molecule has 0 aliphatic heterocycles. The van der Waals surface area contributed by atoms with Gasteiger partial charge in [0.15, 0.2) is 0 Å². The quantitative estimate of drug-likeness (QED) is 0.765. The van der Waals surface area contributed by atoms with Gasteiger partial charge in [-0.25, -0.2) is 4.79 Å². The number of ether oxygens (including phenoxy) is 1. The molecular weight excluding hydrogens is 256 g/mol. The first-order valence-corrected chi connectivity index (χ1v) is 6.04. The van der Waals surface area contributed by atoms with Gasteiger partial charge in [-0.05, 0) is 24.3 Å². The summed E-state index contributed by atoms with van der Waals surface area (Å²) in [6.45, 7) is 0. The average Bonchev–Trinajstić information content (AvgIpc) is 2.91. The molecule has 0 spiro atoms. The maximum atomic E-state index is 10.8. The minimum atomic E-state index is -0.984. The Kier molecular flexibility index (Phi) is 2.87. The number of nitrogens with one attached hydrogen (secondary N) is 1. The van der Waals surface area contributed by atoms with Crippen LogP contribution in [0.2, 0.25) is 0 Å². The first-order valence-electron chi connectivity index (χ1n) is 6.04. The number of pyridine rings is 1. The fourth-order valence-electron chi connectivity index (χ4n) is 2.12. The van der Waals surface area contributed by atoms with Gasteiger partial charge in [0.25, 0.3) is 0 Å². The molecule has 0 aliphatic carbocycles. The zero-order valence-electron chi connectivity index (χ0n) is 10.8. The molecule has 5 nitrogen and oxygen atoms in total. The predicted octanol–water partition coefficient (Wildman–Crippen LogP) is 2.94. The fraction of sp³-hybridized carbons (Fsp3) is 0.0667. The molecule has 0 fully saturated rings. The van der Waals surface area contributed by atoms with Crippen molar-refractivity contribution in [2.45, 2.75) is 0 Å². The largest absolute Gasteiger partial charge is 0.495 e. The van der Waals surface area contributed by atoms with Crippen molar-refractivity contribution in [3.05, 3.63) is 48.2 Å². The van der Waals surface area contributed by atoms with Crippen LogP contribution in [-0.4, -0.2) is 28.2 Å². The summed E-state index contributed by atoms with van der Waals surface area (Å²) < 4.78 is 5.30. The van der Waals surface area contributed by atoms with E-state index in [4.69, 9.17) is 9.84 Å². The van der Waals surface area contributed by atoms with Crippen LogP contribution in [0.1, 0.15) is 10.4 Å². The van der Waals surface area contributed by atoms with Crippen LogP contribution in [0.25, 0.3) is 22.3 Å². The number of hydrogen-bond acceptors (Lipinski definition) is 3. The van der Waals surface area contributed by atoms with E-state index in [0.29, 0.717) is 5.69 Å². The molecule has 2 aromatic heterocycles. The summed E-state index contributed by atoms with van der Waals surface area (Å²) in [5, 5.41) is 9.88. The molecule has 0 radical (unpaired) electrons. The lowest BCUT2D eigenvalue weighted by Gasteiger charge is -2.00. The lowest BCUT2D eigenvalue weighted by atomic mass is 10.2. The van der Waals surface area contributed by atoms with Crippen LogP contribution in [0.3, 0.4) is 0 Å². The number of methoxy groups -OCH3 is 1. The zero-order valence-corrected chi connectivity index (χ0v) is 10.8. The Hall–Kier alpha value is -2.82. The van der Waals surface area contributed by atoms with E-state index in [2.05, 4.69) is 9.97 Å². The van der Waals surface area contributed by atoms with Crippen LogP contribution in [0, 0.1) is 0 Å². The molecule has 0 saturated heterocycles. The molecule has 0 atom stereocenters. The number of carboxylic acids is 1. The Morgan fingerprint density at radius 2 is 2.15 bits per heavy atom. The second-order valence-corrected chi connectivity index (χ2v) is 4.34. The number of fused-ring (bicyclic) bond motifs is 1. The summed E-state index contributed by atoms with van der Waals surface area (Å²) in [4.78, 5) is 18.2. The molecule has 20 heavy (non-hydrogen) atoms. The van der Waals surface area contributed by atoms with E-state index in [0.717, 1.165) is 22.3 Å². The van der Waals surface area contributed by atoms with Crippen LogP contribution >= 0.6 is 0 Å². The highest BCUT2D eigenvalue weighted by Crippen LogP contribution is 2.29. The standard InChI is InChI=1S/C15H12N2O3/c1-20-13-4-2-3-9-7-12(17-14(9)13)11-6-5-10(8-16-11)15(18)19/h2-8,17H,1H3,(H,18,19). The van der Waals surface area contributed by atoms with Gasteiger partial charge >= 0.3 is 5.97 Å².